The lowest BCUT2D eigenvalue weighted by atomic mass is 9.90. The van der Waals surface area contributed by atoms with Gasteiger partial charge in [-0.1, -0.05) is 13.0 Å². The second-order valence-corrected chi connectivity index (χ2v) is 6.15. The molecule has 1 saturated heterocycles. The average Bonchev–Trinajstić information content (AvgIpc) is 2.63. The summed E-state index contributed by atoms with van der Waals surface area (Å²) in [6.45, 7) is 2.96. The molecule has 25 heavy (non-hydrogen) atoms. The van der Waals surface area contributed by atoms with Gasteiger partial charge in [-0.3, -0.25) is 0 Å². The number of hydrogen-bond acceptors (Lipinski definition) is 3. The Balaban J connectivity index is 1.81. The van der Waals surface area contributed by atoms with Gasteiger partial charge in [0.1, 0.15) is 11.6 Å². The lowest BCUT2D eigenvalue weighted by molar-refractivity contribution is 0.132. The van der Waals surface area contributed by atoms with Gasteiger partial charge in [0, 0.05) is 24.8 Å². The number of pyridine rings is 1. The van der Waals surface area contributed by atoms with E-state index in [4.69, 9.17) is 9.84 Å². The number of likely N-dealkylation sites (tertiary alicyclic amines) is 1. The molecule has 2 aromatic rings. The number of benzene rings is 1. The van der Waals surface area contributed by atoms with Crippen LogP contribution in [-0.2, 0) is 6.42 Å². The fourth-order valence-electron chi connectivity index (χ4n) is 3.21. The Morgan fingerprint density at radius 2 is 2.12 bits per heavy atom. The van der Waals surface area contributed by atoms with Crippen molar-refractivity contribution in [1.82, 2.24) is 9.88 Å². The number of ether oxygens (including phenoxy) is 1. The first-order valence-electron chi connectivity index (χ1n) is 8.47. The van der Waals surface area contributed by atoms with Crippen LogP contribution in [0.5, 0.6) is 11.6 Å². The number of rotatable bonds is 4. The summed E-state index contributed by atoms with van der Waals surface area (Å²) in [4.78, 5) is 16.9. The van der Waals surface area contributed by atoms with Crippen molar-refractivity contribution in [2.45, 2.75) is 32.1 Å². The third-order valence-electron chi connectivity index (χ3n) is 4.62. The highest BCUT2D eigenvalue weighted by Crippen LogP contribution is 2.35. The summed E-state index contributed by atoms with van der Waals surface area (Å²) in [7, 11) is 0. The number of amides is 1. The average molecular weight is 344 g/mol. The minimum absolute atomic E-state index is 0.199. The molecule has 0 unspecified atom stereocenters. The van der Waals surface area contributed by atoms with E-state index in [9.17, 15) is 9.18 Å². The van der Waals surface area contributed by atoms with Gasteiger partial charge in [0.2, 0.25) is 5.88 Å². The topological polar surface area (TPSA) is 62.7 Å². The molecule has 0 saturated carbocycles. The second kappa shape index (κ2) is 7.51. The van der Waals surface area contributed by atoms with Gasteiger partial charge in [-0.05, 0) is 55.0 Å². The first-order valence-corrected chi connectivity index (χ1v) is 8.47. The highest BCUT2D eigenvalue weighted by atomic mass is 19.1. The lowest BCUT2D eigenvalue weighted by Gasteiger charge is -2.30. The van der Waals surface area contributed by atoms with Crippen LogP contribution in [0.4, 0.5) is 9.18 Å². The fraction of sp³-hybridized carbons (Fsp3) is 0.368. The van der Waals surface area contributed by atoms with Gasteiger partial charge < -0.3 is 14.7 Å². The Hall–Kier alpha value is -2.63. The summed E-state index contributed by atoms with van der Waals surface area (Å²) >= 11 is 0. The summed E-state index contributed by atoms with van der Waals surface area (Å²) in [5.41, 5.74) is 1.76. The summed E-state index contributed by atoms with van der Waals surface area (Å²) in [6, 6.07) is 8.31. The Bertz CT molecular complexity index is 758. The number of piperidine rings is 1. The normalized spacial score (nSPS) is 15.2. The molecule has 132 valence electrons. The first-order chi connectivity index (χ1) is 12.1. The summed E-state index contributed by atoms with van der Waals surface area (Å²) in [5, 5.41) is 9.08. The van der Waals surface area contributed by atoms with Crippen molar-refractivity contribution in [2.24, 2.45) is 0 Å². The van der Waals surface area contributed by atoms with E-state index in [1.165, 1.54) is 17.0 Å². The highest BCUT2D eigenvalue weighted by molar-refractivity contribution is 5.65. The van der Waals surface area contributed by atoms with Crippen LogP contribution in [0.15, 0.2) is 36.5 Å². The zero-order chi connectivity index (χ0) is 17.8. The molecule has 1 amide bonds. The fourth-order valence-corrected chi connectivity index (χ4v) is 3.21. The zero-order valence-corrected chi connectivity index (χ0v) is 14.1. The monoisotopic (exact) mass is 344 g/mol. The molecule has 1 N–H and O–H groups in total. The lowest BCUT2D eigenvalue weighted by Crippen LogP contribution is -2.36. The van der Waals surface area contributed by atoms with Crippen LogP contribution in [0, 0.1) is 5.82 Å². The summed E-state index contributed by atoms with van der Waals surface area (Å²) < 4.78 is 19.4. The van der Waals surface area contributed by atoms with Gasteiger partial charge >= 0.3 is 6.09 Å². The van der Waals surface area contributed by atoms with Gasteiger partial charge in [0.25, 0.3) is 0 Å². The number of halogens is 1. The molecule has 0 radical (unpaired) electrons. The molecule has 1 aromatic carbocycles. The molecule has 0 bridgehead atoms. The second-order valence-electron chi connectivity index (χ2n) is 6.15. The minimum Gasteiger partial charge on any atom is -0.465 e. The maximum atomic E-state index is 13.4. The van der Waals surface area contributed by atoms with Crippen molar-refractivity contribution in [1.29, 1.82) is 0 Å². The van der Waals surface area contributed by atoms with Crippen LogP contribution < -0.4 is 4.74 Å². The van der Waals surface area contributed by atoms with Gasteiger partial charge in [-0.2, -0.15) is 0 Å². The number of aryl methyl sites for hydroxylation is 1. The van der Waals surface area contributed by atoms with Crippen LogP contribution in [0.25, 0.3) is 0 Å². The van der Waals surface area contributed by atoms with E-state index in [-0.39, 0.29) is 11.7 Å². The molecule has 3 rings (SSSR count). The van der Waals surface area contributed by atoms with E-state index >= 15 is 0 Å². The van der Waals surface area contributed by atoms with E-state index in [1.54, 1.807) is 12.3 Å². The number of carbonyl (C=O) groups is 1. The van der Waals surface area contributed by atoms with E-state index < -0.39 is 6.09 Å². The Kier molecular flexibility index (Phi) is 5.16. The SMILES string of the molecule is CCc1cc(F)ccc1Oc1ncccc1C1CCN(C(=O)O)CC1. The molecule has 0 aliphatic carbocycles. The van der Waals surface area contributed by atoms with Crippen molar-refractivity contribution < 1.29 is 19.0 Å². The van der Waals surface area contributed by atoms with Crippen LogP contribution in [0.1, 0.15) is 36.8 Å². The van der Waals surface area contributed by atoms with Gasteiger partial charge in [0.15, 0.2) is 0 Å². The van der Waals surface area contributed by atoms with Crippen LogP contribution in [0.3, 0.4) is 0 Å². The van der Waals surface area contributed by atoms with Crippen molar-refractivity contribution in [3.05, 3.63) is 53.5 Å². The predicted octanol–water partition coefficient (Wildman–Crippen LogP) is 4.43. The van der Waals surface area contributed by atoms with Crippen molar-refractivity contribution in [3.8, 4) is 11.6 Å². The third kappa shape index (κ3) is 3.90. The molecular weight excluding hydrogens is 323 g/mol. The number of carboxylic acid groups (broad SMARTS) is 1. The van der Waals surface area contributed by atoms with Crippen molar-refractivity contribution in [3.63, 3.8) is 0 Å². The molecule has 0 spiro atoms. The largest absolute Gasteiger partial charge is 0.465 e. The van der Waals surface area contributed by atoms with E-state index in [2.05, 4.69) is 4.98 Å². The van der Waals surface area contributed by atoms with E-state index in [0.717, 1.165) is 24.0 Å². The maximum absolute atomic E-state index is 13.4. The molecule has 1 aliphatic heterocycles. The number of hydrogen-bond donors (Lipinski definition) is 1. The first kappa shape index (κ1) is 17.2. The standard InChI is InChI=1S/C19H21FN2O3/c1-2-13-12-15(20)5-6-17(13)25-18-16(4-3-9-21-18)14-7-10-22(11-8-14)19(23)24/h3-6,9,12,14H,2,7-8,10-11H2,1H3,(H,23,24). The van der Waals surface area contributed by atoms with Crippen molar-refractivity contribution in [2.75, 3.05) is 13.1 Å². The molecule has 2 heterocycles. The molecule has 5 nitrogen and oxygen atoms in total. The smallest absolute Gasteiger partial charge is 0.407 e. The molecule has 1 aromatic heterocycles. The third-order valence-corrected chi connectivity index (χ3v) is 4.62. The maximum Gasteiger partial charge on any atom is 0.407 e. The summed E-state index contributed by atoms with van der Waals surface area (Å²) in [5.74, 6) is 1.03. The Morgan fingerprint density at radius 3 is 2.80 bits per heavy atom. The van der Waals surface area contributed by atoms with Gasteiger partial charge in [-0.25, -0.2) is 14.2 Å². The highest BCUT2D eigenvalue weighted by Gasteiger charge is 2.26. The number of nitrogens with zero attached hydrogens (tertiary/aromatic N) is 2. The zero-order valence-electron chi connectivity index (χ0n) is 14.1. The van der Waals surface area contributed by atoms with Gasteiger partial charge in [0.05, 0.1) is 0 Å². The Labute approximate surface area is 146 Å². The van der Waals surface area contributed by atoms with E-state index in [1.807, 2.05) is 19.1 Å². The van der Waals surface area contributed by atoms with Crippen molar-refractivity contribution >= 4 is 6.09 Å². The van der Waals surface area contributed by atoms with Crippen LogP contribution in [-0.4, -0.2) is 34.2 Å². The van der Waals surface area contributed by atoms with E-state index in [0.29, 0.717) is 31.1 Å². The Morgan fingerprint density at radius 1 is 1.36 bits per heavy atom. The molecular formula is C19H21FN2O3. The summed E-state index contributed by atoms with van der Waals surface area (Å²) in [6.07, 6.45) is 2.92. The quantitative estimate of drug-likeness (QED) is 0.891. The van der Waals surface area contributed by atoms with Crippen LogP contribution >= 0.6 is 0 Å². The molecule has 1 aliphatic rings. The minimum atomic E-state index is -0.875. The van der Waals surface area contributed by atoms with Crippen LogP contribution in [0.2, 0.25) is 0 Å². The molecule has 0 atom stereocenters. The predicted molar refractivity (Wildman–Crippen MR) is 91.7 cm³/mol. The van der Waals surface area contributed by atoms with Gasteiger partial charge in [-0.15, -0.1) is 0 Å². The molecule has 1 fully saturated rings. The number of aromatic nitrogens is 1. The molecule has 6 heteroatoms.